The summed E-state index contributed by atoms with van der Waals surface area (Å²) < 4.78 is 38.7. The molecule has 0 atom stereocenters. The Morgan fingerprint density at radius 2 is 1.93 bits per heavy atom. The van der Waals surface area contributed by atoms with E-state index in [0.29, 0.717) is 17.4 Å². The van der Waals surface area contributed by atoms with Crippen LogP contribution in [0.15, 0.2) is 58.4 Å². The van der Waals surface area contributed by atoms with Crippen molar-refractivity contribution in [2.75, 3.05) is 6.54 Å². The number of carboxylic acid groups (broad SMARTS) is 1. The van der Waals surface area contributed by atoms with Crippen molar-refractivity contribution in [3.63, 3.8) is 0 Å². The largest absolute Gasteiger partial charge is 0.478 e. The monoisotopic (exact) mass is 420 g/mol. The highest BCUT2D eigenvalue weighted by molar-refractivity contribution is 8.18. The zero-order chi connectivity index (χ0) is 21.2. The molecule has 2 aromatic rings. The Bertz CT molecular complexity index is 1030. The first kappa shape index (κ1) is 20.7. The van der Waals surface area contributed by atoms with E-state index in [0.717, 1.165) is 23.9 Å². The molecule has 0 spiro atoms. The number of hydrogen-bond acceptors (Lipinski definition) is 4. The molecule has 1 heterocycles. The Morgan fingerprint density at radius 3 is 2.59 bits per heavy atom. The second-order valence-corrected chi connectivity index (χ2v) is 7.04. The van der Waals surface area contributed by atoms with Gasteiger partial charge in [0.1, 0.15) is 0 Å². The van der Waals surface area contributed by atoms with Gasteiger partial charge < -0.3 is 5.11 Å². The molecule has 1 saturated heterocycles. The van der Waals surface area contributed by atoms with E-state index in [-0.39, 0.29) is 21.9 Å². The van der Waals surface area contributed by atoms with Gasteiger partial charge in [-0.3, -0.25) is 9.69 Å². The maximum atomic E-state index is 12.9. The average Bonchev–Trinajstić information content (AvgIpc) is 2.95. The second-order valence-electron chi connectivity index (χ2n) is 6.03. The van der Waals surface area contributed by atoms with Crippen LogP contribution in [0.3, 0.4) is 0 Å². The minimum atomic E-state index is -4.47. The smallest absolute Gasteiger partial charge is 0.416 e. The first-order valence-electron chi connectivity index (χ1n) is 8.49. The van der Waals surface area contributed by atoms with Crippen molar-refractivity contribution >= 4 is 40.6 Å². The number of hydrogen-bond donors (Lipinski definition) is 1. The molecule has 1 aliphatic heterocycles. The lowest BCUT2D eigenvalue weighted by molar-refractivity contribution is -0.137. The Labute approximate surface area is 168 Å². The molecule has 0 bridgehead atoms. The number of amidine groups is 1. The number of alkyl halides is 3. The number of halogens is 3. The zero-order valence-electron chi connectivity index (χ0n) is 15.1. The summed E-state index contributed by atoms with van der Waals surface area (Å²) in [6.45, 7) is 2.05. The topological polar surface area (TPSA) is 70.0 Å². The number of nitrogens with zero attached hydrogens (tertiary/aromatic N) is 2. The fraction of sp³-hybridized carbons (Fsp3) is 0.150. The van der Waals surface area contributed by atoms with Gasteiger partial charge in [0, 0.05) is 6.54 Å². The van der Waals surface area contributed by atoms with Gasteiger partial charge in [-0.2, -0.15) is 13.2 Å². The highest BCUT2D eigenvalue weighted by atomic mass is 32.2. The van der Waals surface area contributed by atoms with Gasteiger partial charge in [0.05, 0.1) is 21.7 Å². The average molecular weight is 420 g/mol. The van der Waals surface area contributed by atoms with Crippen LogP contribution in [-0.2, 0) is 11.0 Å². The zero-order valence-corrected chi connectivity index (χ0v) is 15.9. The molecule has 1 fully saturated rings. The van der Waals surface area contributed by atoms with Crippen molar-refractivity contribution in [1.82, 2.24) is 4.90 Å². The van der Waals surface area contributed by atoms with E-state index in [1.165, 1.54) is 35.2 Å². The van der Waals surface area contributed by atoms with E-state index >= 15 is 0 Å². The molecule has 9 heteroatoms. The molecule has 1 aliphatic rings. The number of aliphatic imine (C=N–C) groups is 1. The summed E-state index contributed by atoms with van der Waals surface area (Å²) in [7, 11) is 0. The van der Waals surface area contributed by atoms with Gasteiger partial charge in [-0.25, -0.2) is 9.79 Å². The second kappa shape index (κ2) is 8.12. The van der Waals surface area contributed by atoms with Gasteiger partial charge in [-0.1, -0.05) is 18.2 Å². The van der Waals surface area contributed by atoms with Crippen LogP contribution in [-0.4, -0.2) is 33.6 Å². The highest BCUT2D eigenvalue weighted by Crippen LogP contribution is 2.35. The molecular weight excluding hydrogens is 405 g/mol. The summed E-state index contributed by atoms with van der Waals surface area (Å²) in [5, 5.41) is 9.42. The Hall–Kier alpha value is -3.07. The molecule has 2 aromatic carbocycles. The standard InChI is InChI=1S/C20H15F3N2O3S/c1-2-25-17(26)16(10-12-5-3-7-14(9-12)20(21,22)23)29-19(25)24-15-8-4-6-13(11-15)18(27)28/h3-11H,2H2,1H3,(H,27,28)/b16-10-,24-19?. The number of carboxylic acids is 1. The van der Waals surface area contributed by atoms with Gasteiger partial charge in [0.15, 0.2) is 5.17 Å². The van der Waals surface area contributed by atoms with Crippen LogP contribution < -0.4 is 0 Å². The van der Waals surface area contributed by atoms with E-state index < -0.39 is 17.7 Å². The van der Waals surface area contributed by atoms with E-state index in [1.54, 1.807) is 19.1 Å². The van der Waals surface area contributed by atoms with Crippen LogP contribution in [0.5, 0.6) is 0 Å². The van der Waals surface area contributed by atoms with Crippen molar-refractivity contribution in [3.8, 4) is 0 Å². The Morgan fingerprint density at radius 1 is 1.21 bits per heavy atom. The Balaban J connectivity index is 1.94. The predicted octanol–water partition coefficient (Wildman–Crippen LogP) is 5.03. The fourth-order valence-corrected chi connectivity index (χ4v) is 3.71. The lowest BCUT2D eigenvalue weighted by Crippen LogP contribution is -2.28. The first-order valence-corrected chi connectivity index (χ1v) is 9.31. The summed E-state index contributed by atoms with van der Waals surface area (Å²) >= 11 is 1.03. The highest BCUT2D eigenvalue weighted by Gasteiger charge is 2.33. The normalized spacial score (nSPS) is 17.4. The lowest BCUT2D eigenvalue weighted by atomic mass is 10.1. The molecule has 0 unspecified atom stereocenters. The minimum absolute atomic E-state index is 0.0592. The van der Waals surface area contributed by atoms with Crippen molar-refractivity contribution in [2.24, 2.45) is 4.99 Å². The van der Waals surface area contributed by atoms with Gasteiger partial charge in [0.25, 0.3) is 5.91 Å². The molecule has 0 aromatic heterocycles. The van der Waals surface area contributed by atoms with Gasteiger partial charge >= 0.3 is 12.1 Å². The molecule has 5 nitrogen and oxygen atoms in total. The Kier molecular flexibility index (Phi) is 5.78. The van der Waals surface area contributed by atoms with Gasteiger partial charge in [0.2, 0.25) is 0 Å². The van der Waals surface area contributed by atoms with E-state index in [4.69, 9.17) is 5.11 Å². The number of likely N-dealkylation sites (N-methyl/N-ethyl adjacent to an activating group) is 1. The summed E-state index contributed by atoms with van der Waals surface area (Å²) in [6, 6.07) is 10.7. The van der Waals surface area contributed by atoms with Gasteiger partial charge in [-0.05, 0) is 60.7 Å². The van der Waals surface area contributed by atoms with Crippen molar-refractivity contribution in [2.45, 2.75) is 13.1 Å². The number of carbonyl (C=O) groups is 2. The van der Waals surface area contributed by atoms with E-state index in [9.17, 15) is 22.8 Å². The van der Waals surface area contributed by atoms with Gasteiger partial charge in [-0.15, -0.1) is 0 Å². The third-order valence-electron chi connectivity index (χ3n) is 4.03. The molecular formula is C20H15F3N2O3S. The fourth-order valence-electron chi connectivity index (χ4n) is 2.65. The third kappa shape index (κ3) is 4.68. The SMILES string of the molecule is CCN1C(=O)/C(=C/c2cccc(C(F)(F)F)c2)SC1=Nc1cccc(C(=O)O)c1. The quantitative estimate of drug-likeness (QED) is 0.705. The number of thioether (sulfide) groups is 1. The third-order valence-corrected chi connectivity index (χ3v) is 5.04. The van der Waals surface area contributed by atoms with Crippen LogP contribution in [0.1, 0.15) is 28.4 Å². The molecule has 150 valence electrons. The molecule has 1 amide bonds. The van der Waals surface area contributed by atoms with Crippen molar-refractivity contribution < 1.29 is 27.9 Å². The molecule has 3 rings (SSSR count). The van der Waals surface area contributed by atoms with Crippen molar-refractivity contribution in [3.05, 3.63) is 70.1 Å². The molecule has 0 radical (unpaired) electrons. The summed E-state index contributed by atoms with van der Waals surface area (Å²) in [5.74, 6) is -1.47. The lowest BCUT2D eigenvalue weighted by Gasteiger charge is -2.12. The maximum Gasteiger partial charge on any atom is 0.416 e. The summed E-state index contributed by atoms with van der Waals surface area (Å²) in [4.78, 5) is 29.7. The number of amides is 1. The summed E-state index contributed by atoms with van der Waals surface area (Å²) in [5.41, 5.74) is -0.127. The van der Waals surface area contributed by atoms with Crippen LogP contribution in [0.2, 0.25) is 0 Å². The van der Waals surface area contributed by atoms with Crippen LogP contribution in [0.4, 0.5) is 18.9 Å². The number of benzene rings is 2. The molecule has 0 saturated carbocycles. The molecule has 0 aliphatic carbocycles. The van der Waals surface area contributed by atoms with Crippen LogP contribution in [0, 0.1) is 0 Å². The predicted molar refractivity (Wildman–Crippen MR) is 105 cm³/mol. The summed E-state index contributed by atoms with van der Waals surface area (Å²) in [6.07, 6.45) is -3.08. The molecule has 29 heavy (non-hydrogen) atoms. The number of aromatic carboxylic acids is 1. The van der Waals surface area contributed by atoms with E-state index in [2.05, 4.69) is 4.99 Å². The van der Waals surface area contributed by atoms with Crippen molar-refractivity contribution in [1.29, 1.82) is 0 Å². The number of carbonyl (C=O) groups excluding carboxylic acids is 1. The molecule has 1 N–H and O–H groups in total. The van der Waals surface area contributed by atoms with Crippen LogP contribution in [0.25, 0.3) is 6.08 Å². The number of rotatable bonds is 4. The van der Waals surface area contributed by atoms with E-state index in [1.807, 2.05) is 0 Å². The first-order chi connectivity index (χ1) is 13.7. The maximum absolute atomic E-state index is 12.9. The van der Waals surface area contributed by atoms with Crippen LogP contribution >= 0.6 is 11.8 Å². The minimum Gasteiger partial charge on any atom is -0.478 e.